The van der Waals surface area contributed by atoms with Crippen LogP contribution in [0.2, 0.25) is 22.5 Å². The average molecular weight is 874 g/mol. The van der Waals surface area contributed by atoms with Crippen LogP contribution in [-0.4, -0.2) is 5.49 Å². The Kier molecular flexibility index (Phi) is 9.61. The fourth-order valence-corrected chi connectivity index (χ4v) is 42.6. The summed E-state index contributed by atoms with van der Waals surface area (Å²) in [6.45, 7) is 33.5. The summed E-state index contributed by atoms with van der Waals surface area (Å²) in [6.07, 6.45) is 10.4. The zero-order chi connectivity index (χ0) is 38.4. The second-order valence-corrected chi connectivity index (χ2v) is 70.4. The predicted molar refractivity (Wildman–Crippen MR) is 231 cm³/mol. The summed E-state index contributed by atoms with van der Waals surface area (Å²) in [5, 5.41) is 0. The van der Waals surface area contributed by atoms with Gasteiger partial charge in [-0.1, -0.05) is 0 Å². The van der Waals surface area contributed by atoms with Gasteiger partial charge in [0.25, 0.3) is 0 Å². The first kappa shape index (κ1) is 39.1. The van der Waals surface area contributed by atoms with E-state index in [1.807, 2.05) is 0 Å². The molecule has 2 aliphatic rings. The molecule has 4 aromatic rings. The van der Waals surface area contributed by atoms with Gasteiger partial charge in [0, 0.05) is 0 Å². The first-order valence-electron chi connectivity index (χ1n) is 19.8. The summed E-state index contributed by atoms with van der Waals surface area (Å²) in [6, 6.07) is 29.2. The van der Waals surface area contributed by atoms with E-state index >= 15 is 0 Å². The molecule has 0 radical (unpaired) electrons. The standard InChI is InChI=1S/2C23H27.C2H6Si.2CH3.Hf/c2*1-22(2,3)18-13-17(14-19(15-18)23(4,5)6)21-12-8-10-16-9-7-11-20(16)21;1-3-2;;;/h2*7-15H,1-6H3;1-2H3;2*1H3;. The number of fused-ring (bicyclic) bond motifs is 2. The molecule has 274 valence electrons. The summed E-state index contributed by atoms with van der Waals surface area (Å²) < 4.78 is 6.72. The molecule has 0 fully saturated rings. The third-order valence-electron chi connectivity index (χ3n) is 13.3. The van der Waals surface area contributed by atoms with Crippen molar-refractivity contribution in [1.82, 2.24) is 0 Å². The van der Waals surface area contributed by atoms with Gasteiger partial charge in [0.1, 0.15) is 0 Å². The molecule has 0 saturated carbocycles. The maximum absolute atomic E-state index is 3.85. The molecule has 0 aliphatic heterocycles. The van der Waals surface area contributed by atoms with Gasteiger partial charge in [-0.25, -0.2) is 0 Å². The third kappa shape index (κ3) is 6.72. The molecule has 0 aromatic heterocycles. The van der Waals surface area contributed by atoms with E-state index < -0.39 is 22.6 Å². The van der Waals surface area contributed by atoms with E-state index in [1.165, 1.54) is 55.6 Å². The Labute approximate surface area is 318 Å². The van der Waals surface area contributed by atoms with Gasteiger partial charge >= 0.3 is 321 Å². The number of hydrogen-bond acceptors (Lipinski definition) is 0. The second kappa shape index (κ2) is 12.8. The molecule has 0 spiro atoms. The molecule has 0 amide bonds. The molecule has 6 rings (SSSR count). The van der Waals surface area contributed by atoms with Crippen LogP contribution in [0.4, 0.5) is 0 Å². The van der Waals surface area contributed by atoms with Crippen LogP contribution in [0.1, 0.15) is 135 Å². The van der Waals surface area contributed by atoms with Crippen LogP contribution in [0.5, 0.6) is 0 Å². The van der Waals surface area contributed by atoms with Crippen LogP contribution >= 0.6 is 0 Å². The van der Waals surface area contributed by atoms with E-state index in [9.17, 15) is 0 Å². The minimum atomic E-state index is -3.85. The normalized spacial score (nSPS) is 17.8. The molecule has 0 nitrogen and oxygen atoms in total. The number of benzene rings is 4. The summed E-state index contributed by atoms with van der Waals surface area (Å²) in [4.78, 5) is 0. The molecular weight excluding hydrogens is 807 g/mol. The topological polar surface area (TPSA) is 0 Å². The Hall–Kier alpha value is -2.55. The van der Waals surface area contributed by atoms with E-state index in [2.05, 4.69) is 203 Å². The number of hydrogen-bond donors (Lipinski definition) is 0. The molecule has 0 N–H and O–H groups in total. The van der Waals surface area contributed by atoms with Crippen molar-refractivity contribution in [3.05, 3.63) is 129 Å². The van der Waals surface area contributed by atoms with Crippen molar-refractivity contribution in [3.8, 4) is 22.3 Å². The Balaban J connectivity index is 1.50. The quantitative estimate of drug-likeness (QED) is 0.179. The van der Waals surface area contributed by atoms with Crippen molar-refractivity contribution >= 4 is 17.6 Å². The number of rotatable bonds is 4. The van der Waals surface area contributed by atoms with Crippen molar-refractivity contribution in [3.63, 3.8) is 0 Å². The van der Waals surface area contributed by atoms with Crippen LogP contribution in [0.3, 0.4) is 0 Å². The van der Waals surface area contributed by atoms with Gasteiger partial charge in [-0.05, 0) is 0 Å². The van der Waals surface area contributed by atoms with Gasteiger partial charge in [0.15, 0.2) is 0 Å². The van der Waals surface area contributed by atoms with Crippen molar-refractivity contribution in [2.45, 2.75) is 135 Å². The average Bonchev–Trinajstić information content (AvgIpc) is 3.69. The molecule has 0 heterocycles. The van der Waals surface area contributed by atoms with E-state index in [0.29, 0.717) is 7.35 Å². The monoisotopic (exact) mass is 874 g/mol. The SMILES string of the molecule is C[Si](C)=[Hf]([CH3])([CH3])([CH]1C=Cc2c(-c3cc(C(C)(C)C)cc(C(C)(C)C)c3)cccc21)[CH]1C=Cc2c(-c3cc(C(C)(C)C)cc(C(C)(C)C)c3)cccc21. The Morgan fingerprint density at radius 2 is 0.769 bits per heavy atom. The molecule has 2 aliphatic carbocycles. The van der Waals surface area contributed by atoms with Crippen LogP contribution in [0, 0.1) is 0 Å². The number of allylic oxidation sites excluding steroid dienone is 2. The molecule has 2 atom stereocenters. The summed E-state index contributed by atoms with van der Waals surface area (Å²) in [5.41, 5.74) is 16.9. The Morgan fingerprint density at radius 3 is 1.04 bits per heavy atom. The summed E-state index contributed by atoms with van der Waals surface area (Å²) >= 11 is -3.85. The van der Waals surface area contributed by atoms with Crippen LogP contribution in [0.15, 0.2) is 84.9 Å². The third-order valence-corrected chi connectivity index (χ3v) is 72.9. The molecule has 0 saturated heterocycles. The van der Waals surface area contributed by atoms with E-state index in [-0.39, 0.29) is 21.7 Å². The van der Waals surface area contributed by atoms with Crippen molar-refractivity contribution in [2.75, 3.05) is 0 Å². The molecule has 52 heavy (non-hydrogen) atoms. The van der Waals surface area contributed by atoms with Crippen molar-refractivity contribution in [2.24, 2.45) is 0 Å². The van der Waals surface area contributed by atoms with Gasteiger partial charge in [-0.2, -0.15) is 0 Å². The Bertz CT molecular complexity index is 1990. The van der Waals surface area contributed by atoms with Crippen molar-refractivity contribution in [1.29, 1.82) is 0 Å². The van der Waals surface area contributed by atoms with Gasteiger partial charge in [0.05, 0.1) is 0 Å². The molecular formula is C50H66HfSi. The second-order valence-electron chi connectivity index (χ2n) is 21.5. The summed E-state index contributed by atoms with van der Waals surface area (Å²) in [5.74, 6) is 0. The zero-order valence-electron chi connectivity index (χ0n) is 35.4. The molecule has 2 unspecified atom stereocenters. The first-order chi connectivity index (χ1) is 23.8. The minimum absolute atomic E-state index is 0.0838. The predicted octanol–water partition coefficient (Wildman–Crippen LogP) is 15.1. The zero-order valence-corrected chi connectivity index (χ0v) is 40.0. The van der Waals surface area contributed by atoms with Crippen LogP contribution in [0.25, 0.3) is 34.4 Å². The summed E-state index contributed by atoms with van der Waals surface area (Å²) in [7, 11) is 0. The Morgan fingerprint density at radius 1 is 0.462 bits per heavy atom. The van der Waals surface area contributed by atoms with Crippen LogP contribution < -0.4 is 0 Å². The van der Waals surface area contributed by atoms with Crippen molar-refractivity contribution < 1.29 is 17.1 Å². The first-order valence-corrected chi connectivity index (χ1v) is 39.0. The van der Waals surface area contributed by atoms with E-state index in [4.69, 9.17) is 0 Å². The van der Waals surface area contributed by atoms with Crippen LogP contribution in [-0.2, 0) is 38.8 Å². The van der Waals surface area contributed by atoms with Gasteiger partial charge < -0.3 is 0 Å². The molecule has 4 aromatic carbocycles. The molecule has 0 bridgehead atoms. The van der Waals surface area contributed by atoms with Gasteiger partial charge in [-0.3, -0.25) is 0 Å². The fourth-order valence-electron chi connectivity index (χ4n) is 8.84. The van der Waals surface area contributed by atoms with E-state index in [1.54, 1.807) is 11.1 Å². The molecule has 2 heteroatoms. The van der Waals surface area contributed by atoms with E-state index in [0.717, 1.165) is 0 Å². The van der Waals surface area contributed by atoms with Gasteiger partial charge in [0.2, 0.25) is 0 Å². The maximum atomic E-state index is 2.84. The fraction of sp³-hybridized carbons (Fsp3) is 0.440. The van der Waals surface area contributed by atoms with Gasteiger partial charge in [-0.15, -0.1) is 0 Å².